The van der Waals surface area contributed by atoms with Crippen molar-refractivity contribution in [2.45, 2.75) is 6.54 Å². The Labute approximate surface area is 112 Å². The number of nitrogens with zero attached hydrogens (tertiary/aromatic N) is 1. The van der Waals surface area contributed by atoms with E-state index in [0.29, 0.717) is 19.6 Å². The predicted octanol–water partition coefficient (Wildman–Crippen LogP) is 0.813. The molecule has 0 aliphatic carbocycles. The molecule has 1 aromatic carbocycles. The highest BCUT2D eigenvalue weighted by Crippen LogP contribution is 2.30. The topological polar surface area (TPSA) is 49.4 Å². The van der Waals surface area contributed by atoms with Crippen LogP contribution < -0.4 is 5.32 Å². The number of rotatable bonds is 2. The molecule has 4 nitrogen and oxygen atoms in total. The third kappa shape index (κ3) is 2.02. The van der Waals surface area contributed by atoms with E-state index in [1.54, 1.807) is 0 Å². The molecular formula is C13H15ClN2O2. The van der Waals surface area contributed by atoms with Crippen molar-refractivity contribution in [3.8, 4) is 0 Å². The Balaban J connectivity index is 0.00000120. The number of carbonyl (C=O) groups excluding carboxylic acids is 2. The number of fused-ring (bicyclic) bond motifs is 1. The first-order valence-electron chi connectivity index (χ1n) is 5.87. The van der Waals surface area contributed by atoms with Crippen molar-refractivity contribution in [2.75, 3.05) is 13.1 Å². The van der Waals surface area contributed by atoms with Crippen molar-refractivity contribution < 1.29 is 9.59 Å². The maximum Gasteiger partial charge on any atom is 0.234 e. The highest BCUT2D eigenvalue weighted by Gasteiger charge is 2.49. The second-order valence-corrected chi connectivity index (χ2v) is 4.62. The summed E-state index contributed by atoms with van der Waals surface area (Å²) in [5.74, 6) is -0.305. The Bertz CT molecular complexity index is 441. The van der Waals surface area contributed by atoms with Crippen molar-refractivity contribution in [1.29, 1.82) is 0 Å². The second-order valence-electron chi connectivity index (χ2n) is 4.62. The highest BCUT2D eigenvalue weighted by molar-refractivity contribution is 6.05. The van der Waals surface area contributed by atoms with Gasteiger partial charge in [-0.15, -0.1) is 12.4 Å². The largest absolute Gasteiger partial charge is 0.315 e. The first-order chi connectivity index (χ1) is 8.27. The lowest BCUT2D eigenvalue weighted by Crippen LogP contribution is -2.34. The lowest BCUT2D eigenvalue weighted by atomic mass is 10.00. The summed E-state index contributed by atoms with van der Waals surface area (Å²) in [5, 5.41) is 3.10. The number of hydrogen-bond acceptors (Lipinski definition) is 3. The van der Waals surface area contributed by atoms with E-state index in [9.17, 15) is 9.59 Å². The third-order valence-corrected chi connectivity index (χ3v) is 3.56. The first-order valence-corrected chi connectivity index (χ1v) is 5.87. The Morgan fingerprint density at radius 2 is 1.61 bits per heavy atom. The number of benzene rings is 1. The van der Waals surface area contributed by atoms with E-state index < -0.39 is 0 Å². The van der Waals surface area contributed by atoms with Gasteiger partial charge in [-0.05, 0) is 5.56 Å². The van der Waals surface area contributed by atoms with Gasteiger partial charge >= 0.3 is 0 Å². The van der Waals surface area contributed by atoms with Crippen LogP contribution in [0, 0.1) is 11.8 Å². The molecule has 0 aromatic heterocycles. The zero-order valence-electron chi connectivity index (χ0n) is 9.83. The van der Waals surface area contributed by atoms with Crippen LogP contribution in [0.4, 0.5) is 0 Å². The van der Waals surface area contributed by atoms with E-state index in [4.69, 9.17) is 0 Å². The zero-order chi connectivity index (χ0) is 11.8. The fourth-order valence-corrected chi connectivity index (χ4v) is 2.63. The van der Waals surface area contributed by atoms with Gasteiger partial charge in [0.25, 0.3) is 0 Å². The van der Waals surface area contributed by atoms with Crippen molar-refractivity contribution in [3.05, 3.63) is 35.9 Å². The summed E-state index contributed by atoms with van der Waals surface area (Å²) in [7, 11) is 0. The third-order valence-electron chi connectivity index (χ3n) is 3.56. The average molecular weight is 267 g/mol. The average Bonchev–Trinajstić information content (AvgIpc) is 2.91. The van der Waals surface area contributed by atoms with E-state index in [1.165, 1.54) is 4.90 Å². The van der Waals surface area contributed by atoms with Crippen molar-refractivity contribution >= 4 is 24.2 Å². The van der Waals surface area contributed by atoms with Gasteiger partial charge in [-0.1, -0.05) is 30.3 Å². The maximum absolute atomic E-state index is 12.1. The molecule has 2 aliphatic rings. The quantitative estimate of drug-likeness (QED) is 0.806. The van der Waals surface area contributed by atoms with Crippen LogP contribution in [0.3, 0.4) is 0 Å². The molecule has 2 amide bonds. The molecule has 2 fully saturated rings. The highest BCUT2D eigenvalue weighted by atomic mass is 35.5. The summed E-state index contributed by atoms with van der Waals surface area (Å²) in [6.45, 7) is 1.69. The number of nitrogens with one attached hydrogen (secondary N) is 1. The molecule has 2 atom stereocenters. The normalized spacial score (nSPS) is 26.1. The smallest absolute Gasteiger partial charge is 0.234 e. The molecular weight excluding hydrogens is 252 g/mol. The monoisotopic (exact) mass is 266 g/mol. The second kappa shape index (κ2) is 5.08. The Morgan fingerprint density at radius 3 is 2.17 bits per heavy atom. The molecule has 3 rings (SSSR count). The van der Waals surface area contributed by atoms with Crippen LogP contribution in [0.2, 0.25) is 0 Å². The molecule has 2 saturated heterocycles. The minimum absolute atomic E-state index is 0. The van der Waals surface area contributed by atoms with E-state index in [2.05, 4.69) is 5.32 Å². The summed E-state index contributed by atoms with van der Waals surface area (Å²) in [6.07, 6.45) is 0. The number of amides is 2. The molecule has 2 heterocycles. The Morgan fingerprint density at radius 1 is 1.06 bits per heavy atom. The molecule has 5 heteroatoms. The van der Waals surface area contributed by atoms with Gasteiger partial charge < -0.3 is 5.32 Å². The molecule has 2 aliphatic heterocycles. The lowest BCUT2D eigenvalue weighted by molar-refractivity contribution is -0.140. The van der Waals surface area contributed by atoms with Crippen LogP contribution in [0.1, 0.15) is 5.56 Å². The fourth-order valence-electron chi connectivity index (χ4n) is 2.63. The van der Waals surface area contributed by atoms with E-state index in [-0.39, 0.29) is 36.1 Å². The standard InChI is InChI=1S/C13H14N2O2.ClH/c16-12-10-6-14-7-11(10)13(17)15(12)8-9-4-2-1-3-5-9;/h1-5,10-11,14H,6-8H2;1H. The number of likely N-dealkylation sites (tertiary alicyclic amines) is 1. The molecule has 0 radical (unpaired) electrons. The molecule has 1 aromatic rings. The van der Waals surface area contributed by atoms with Crippen molar-refractivity contribution in [1.82, 2.24) is 10.2 Å². The number of carbonyl (C=O) groups is 2. The van der Waals surface area contributed by atoms with E-state index >= 15 is 0 Å². The van der Waals surface area contributed by atoms with Crippen LogP contribution in [0.5, 0.6) is 0 Å². The number of imide groups is 1. The van der Waals surface area contributed by atoms with Crippen molar-refractivity contribution in [2.24, 2.45) is 11.8 Å². The summed E-state index contributed by atoms with van der Waals surface area (Å²) < 4.78 is 0. The Kier molecular flexibility index (Phi) is 3.68. The first kappa shape index (κ1) is 13.1. The molecule has 2 unspecified atom stereocenters. The van der Waals surface area contributed by atoms with Gasteiger partial charge in [0.15, 0.2) is 0 Å². The van der Waals surface area contributed by atoms with Gasteiger partial charge in [0, 0.05) is 13.1 Å². The summed E-state index contributed by atoms with van der Waals surface area (Å²) in [5.41, 5.74) is 1.00. The van der Waals surface area contributed by atoms with Gasteiger partial charge in [-0.3, -0.25) is 14.5 Å². The predicted molar refractivity (Wildman–Crippen MR) is 69.1 cm³/mol. The molecule has 96 valence electrons. The van der Waals surface area contributed by atoms with Gasteiger partial charge in [0.1, 0.15) is 0 Å². The van der Waals surface area contributed by atoms with Crippen LogP contribution in [-0.2, 0) is 16.1 Å². The van der Waals surface area contributed by atoms with Crippen LogP contribution >= 0.6 is 12.4 Å². The summed E-state index contributed by atoms with van der Waals surface area (Å²) >= 11 is 0. The van der Waals surface area contributed by atoms with Gasteiger partial charge in [-0.2, -0.15) is 0 Å². The molecule has 18 heavy (non-hydrogen) atoms. The van der Waals surface area contributed by atoms with Crippen molar-refractivity contribution in [3.63, 3.8) is 0 Å². The van der Waals surface area contributed by atoms with E-state index in [0.717, 1.165) is 5.56 Å². The van der Waals surface area contributed by atoms with Gasteiger partial charge in [-0.25, -0.2) is 0 Å². The minimum atomic E-state index is -0.133. The fraction of sp³-hybridized carbons (Fsp3) is 0.385. The minimum Gasteiger partial charge on any atom is -0.315 e. The zero-order valence-corrected chi connectivity index (χ0v) is 10.7. The van der Waals surface area contributed by atoms with E-state index in [1.807, 2.05) is 30.3 Å². The molecule has 0 bridgehead atoms. The molecule has 0 spiro atoms. The molecule has 1 N–H and O–H groups in total. The summed E-state index contributed by atoms with van der Waals surface area (Å²) in [4.78, 5) is 25.5. The SMILES string of the molecule is Cl.O=C1C2CNCC2C(=O)N1Cc1ccccc1. The number of halogens is 1. The van der Waals surface area contributed by atoms with Crippen LogP contribution in [0.25, 0.3) is 0 Å². The van der Waals surface area contributed by atoms with Gasteiger partial charge in [0.05, 0.1) is 18.4 Å². The molecule has 0 saturated carbocycles. The van der Waals surface area contributed by atoms with Crippen LogP contribution in [-0.4, -0.2) is 29.8 Å². The van der Waals surface area contributed by atoms with Crippen LogP contribution in [0.15, 0.2) is 30.3 Å². The summed E-state index contributed by atoms with van der Waals surface area (Å²) in [6, 6.07) is 9.64. The Hall–Kier alpha value is -1.39. The number of hydrogen-bond donors (Lipinski definition) is 1. The lowest BCUT2D eigenvalue weighted by Gasteiger charge is -2.15. The maximum atomic E-state index is 12.1. The van der Waals surface area contributed by atoms with Gasteiger partial charge in [0.2, 0.25) is 11.8 Å².